The summed E-state index contributed by atoms with van der Waals surface area (Å²) < 4.78 is 2.04. The molecule has 0 fully saturated rings. The van der Waals surface area contributed by atoms with Crippen LogP contribution in [0.1, 0.15) is 31.1 Å². The Labute approximate surface area is 113 Å². The number of halogens is 1. The number of aliphatic hydroxyl groups is 1. The fourth-order valence-electron chi connectivity index (χ4n) is 1.94. The highest BCUT2D eigenvalue weighted by atomic mass is 35.5. The Kier molecular flexibility index (Phi) is 4.10. The minimum absolute atomic E-state index is 0.223. The van der Waals surface area contributed by atoms with E-state index in [1.165, 1.54) is 0 Å². The van der Waals surface area contributed by atoms with Gasteiger partial charge in [-0.15, -0.1) is 0 Å². The predicted molar refractivity (Wildman–Crippen MR) is 74.8 cm³/mol. The fourth-order valence-corrected chi connectivity index (χ4v) is 2.14. The minimum Gasteiger partial charge on any atom is -0.388 e. The summed E-state index contributed by atoms with van der Waals surface area (Å²) in [5, 5.41) is 10.8. The Hall–Kier alpha value is -1.25. The molecule has 1 heterocycles. The van der Waals surface area contributed by atoms with Crippen LogP contribution >= 0.6 is 11.6 Å². The van der Waals surface area contributed by atoms with Crippen LogP contribution in [0.5, 0.6) is 0 Å². The lowest BCUT2D eigenvalue weighted by Gasteiger charge is -2.12. The van der Waals surface area contributed by atoms with E-state index in [1.54, 1.807) is 0 Å². The average Bonchev–Trinajstić information content (AvgIpc) is 2.79. The van der Waals surface area contributed by atoms with Crippen LogP contribution in [-0.4, -0.2) is 9.67 Å². The molecule has 0 bridgehead atoms. The van der Waals surface area contributed by atoms with Crippen molar-refractivity contribution in [3.05, 3.63) is 58.9 Å². The second kappa shape index (κ2) is 5.59. The summed E-state index contributed by atoms with van der Waals surface area (Å²) in [5.41, 5.74) is 2.04. The number of aliphatic hydroxyl groups excluding tert-OH is 1. The van der Waals surface area contributed by atoms with E-state index in [4.69, 9.17) is 11.6 Å². The normalized spacial score (nSPS) is 12.9. The van der Waals surface area contributed by atoms with E-state index in [2.05, 4.69) is 0 Å². The van der Waals surface area contributed by atoms with E-state index < -0.39 is 6.10 Å². The van der Waals surface area contributed by atoms with Gasteiger partial charge in [-0.3, -0.25) is 0 Å². The zero-order valence-electron chi connectivity index (χ0n) is 10.7. The molecule has 0 amide bonds. The maximum absolute atomic E-state index is 9.99. The van der Waals surface area contributed by atoms with Crippen molar-refractivity contribution in [2.45, 2.75) is 26.5 Å². The van der Waals surface area contributed by atoms with E-state index >= 15 is 0 Å². The average molecular weight is 264 g/mol. The molecule has 1 aromatic heterocycles. The van der Waals surface area contributed by atoms with E-state index in [9.17, 15) is 5.11 Å². The SMILES string of the molecule is CC(C)C(O)c1ccn(Cc2ccccc2Cl)c1. The Morgan fingerprint density at radius 3 is 2.61 bits per heavy atom. The van der Waals surface area contributed by atoms with E-state index in [0.29, 0.717) is 0 Å². The van der Waals surface area contributed by atoms with Crippen LogP contribution < -0.4 is 0 Å². The largest absolute Gasteiger partial charge is 0.388 e. The summed E-state index contributed by atoms with van der Waals surface area (Å²) in [7, 11) is 0. The van der Waals surface area contributed by atoms with Crippen LogP contribution in [0.4, 0.5) is 0 Å². The van der Waals surface area contributed by atoms with Gasteiger partial charge in [-0.1, -0.05) is 43.6 Å². The summed E-state index contributed by atoms with van der Waals surface area (Å²) in [6.07, 6.45) is 3.55. The molecule has 0 aliphatic heterocycles. The summed E-state index contributed by atoms with van der Waals surface area (Å²) in [6.45, 7) is 4.75. The number of benzene rings is 1. The van der Waals surface area contributed by atoms with E-state index in [-0.39, 0.29) is 5.92 Å². The number of nitrogens with zero attached hydrogens (tertiary/aromatic N) is 1. The molecule has 0 spiro atoms. The molecular weight excluding hydrogens is 246 g/mol. The van der Waals surface area contributed by atoms with Crippen LogP contribution in [-0.2, 0) is 6.54 Å². The number of hydrogen-bond acceptors (Lipinski definition) is 1. The molecule has 1 atom stereocenters. The maximum Gasteiger partial charge on any atom is 0.0827 e. The molecule has 2 aromatic rings. The highest BCUT2D eigenvalue weighted by molar-refractivity contribution is 6.31. The van der Waals surface area contributed by atoms with Gasteiger partial charge in [0.25, 0.3) is 0 Å². The van der Waals surface area contributed by atoms with Crippen LogP contribution in [0, 0.1) is 5.92 Å². The Bertz CT molecular complexity index is 519. The van der Waals surface area contributed by atoms with Crippen molar-refractivity contribution in [3.8, 4) is 0 Å². The maximum atomic E-state index is 9.99. The molecule has 1 aromatic carbocycles. The van der Waals surface area contributed by atoms with Gasteiger partial charge in [0, 0.05) is 24.0 Å². The molecule has 3 heteroatoms. The van der Waals surface area contributed by atoms with Gasteiger partial charge in [0.15, 0.2) is 0 Å². The molecule has 0 aliphatic carbocycles. The highest BCUT2D eigenvalue weighted by Crippen LogP contribution is 2.22. The Balaban J connectivity index is 2.14. The Morgan fingerprint density at radius 1 is 1.22 bits per heavy atom. The molecule has 0 saturated carbocycles. The van der Waals surface area contributed by atoms with E-state index in [1.807, 2.05) is 61.1 Å². The van der Waals surface area contributed by atoms with Gasteiger partial charge < -0.3 is 9.67 Å². The van der Waals surface area contributed by atoms with Crippen LogP contribution in [0.25, 0.3) is 0 Å². The number of aromatic nitrogens is 1. The van der Waals surface area contributed by atoms with Crippen molar-refractivity contribution >= 4 is 11.6 Å². The first-order chi connectivity index (χ1) is 8.58. The summed E-state index contributed by atoms with van der Waals surface area (Å²) in [4.78, 5) is 0. The van der Waals surface area contributed by atoms with Crippen molar-refractivity contribution in [1.29, 1.82) is 0 Å². The quantitative estimate of drug-likeness (QED) is 0.890. The lowest BCUT2D eigenvalue weighted by molar-refractivity contribution is 0.127. The number of hydrogen-bond donors (Lipinski definition) is 1. The van der Waals surface area contributed by atoms with Crippen molar-refractivity contribution in [1.82, 2.24) is 4.57 Å². The van der Waals surface area contributed by atoms with Gasteiger partial charge in [0.2, 0.25) is 0 Å². The van der Waals surface area contributed by atoms with Crippen molar-refractivity contribution in [2.75, 3.05) is 0 Å². The molecule has 1 unspecified atom stereocenters. The van der Waals surface area contributed by atoms with Gasteiger partial charge in [0.1, 0.15) is 0 Å². The first kappa shape index (κ1) is 13.2. The van der Waals surface area contributed by atoms with Crippen LogP contribution in [0.2, 0.25) is 5.02 Å². The van der Waals surface area contributed by atoms with Crippen molar-refractivity contribution in [2.24, 2.45) is 5.92 Å². The van der Waals surface area contributed by atoms with Gasteiger partial charge in [0.05, 0.1) is 6.10 Å². The molecule has 18 heavy (non-hydrogen) atoms. The fraction of sp³-hybridized carbons (Fsp3) is 0.333. The third-order valence-electron chi connectivity index (χ3n) is 3.06. The molecule has 96 valence electrons. The second-order valence-electron chi connectivity index (χ2n) is 4.90. The van der Waals surface area contributed by atoms with Gasteiger partial charge in [-0.2, -0.15) is 0 Å². The second-order valence-corrected chi connectivity index (χ2v) is 5.30. The molecule has 2 rings (SSSR count). The first-order valence-corrected chi connectivity index (χ1v) is 6.53. The van der Waals surface area contributed by atoms with E-state index in [0.717, 1.165) is 22.7 Å². The molecular formula is C15H18ClNO. The molecule has 0 aliphatic rings. The standard InChI is InChI=1S/C15H18ClNO/c1-11(2)15(18)13-7-8-17(10-13)9-12-5-3-4-6-14(12)16/h3-8,10-11,15,18H,9H2,1-2H3. The zero-order valence-corrected chi connectivity index (χ0v) is 11.4. The molecule has 2 nitrogen and oxygen atoms in total. The molecule has 0 radical (unpaired) electrons. The smallest absolute Gasteiger partial charge is 0.0827 e. The topological polar surface area (TPSA) is 25.2 Å². The van der Waals surface area contributed by atoms with Gasteiger partial charge in [-0.25, -0.2) is 0 Å². The minimum atomic E-state index is -0.405. The molecule has 0 saturated heterocycles. The van der Waals surface area contributed by atoms with Crippen molar-refractivity contribution < 1.29 is 5.11 Å². The third-order valence-corrected chi connectivity index (χ3v) is 3.43. The lowest BCUT2D eigenvalue weighted by atomic mass is 10.0. The predicted octanol–water partition coefficient (Wildman–Crippen LogP) is 3.88. The lowest BCUT2D eigenvalue weighted by Crippen LogP contribution is -2.04. The van der Waals surface area contributed by atoms with Crippen LogP contribution in [0.3, 0.4) is 0 Å². The van der Waals surface area contributed by atoms with Gasteiger partial charge in [-0.05, 0) is 29.2 Å². The highest BCUT2D eigenvalue weighted by Gasteiger charge is 2.13. The van der Waals surface area contributed by atoms with Crippen molar-refractivity contribution in [3.63, 3.8) is 0 Å². The Morgan fingerprint density at radius 2 is 1.94 bits per heavy atom. The summed E-state index contributed by atoms with van der Waals surface area (Å²) >= 11 is 6.13. The molecule has 1 N–H and O–H groups in total. The monoisotopic (exact) mass is 263 g/mol. The summed E-state index contributed by atoms with van der Waals surface area (Å²) in [5.74, 6) is 0.223. The van der Waals surface area contributed by atoms with Gasteiger partial charge >= 0.3 is 0 Å². The summed E-state index contributed by atoms with van der Waals surface area (Å²) in [6, 6.07) is 9.77. The number of rotatable bonds is 4. The zero-order chi connectivity index (χ0) is 13.1. The first-order valence-electron chi connectivity index (χ1n) is 6.15. The van der Waals surface area contributed by atoms with Crippen LogP contribution in [0.15, 0.2) is 42.7 Å². The third kappa shape index (κ3) is 2.95.